The standard InChI is InChI=1S/C17H24N2O3/c1-3-5-10-18-15-12-16(20)19(17(15)21)13-6-8-14(9-7-13)22-11-4-2/h6-9,15,18H,3-5,10-12H2,1-2H3. The molecule has 0 aromatic heterocycles. The van der Waals surface area contributed by atoms with Crippen LogP contribution in [0.5, 0.6) is 5.75 Å². The molecule has 5 nitrogen and oxygen atoms in total. The average molecular weight is 304 g/mol. The first kappa shape index (κ1) is 16.5. The maximum Gasteiger partial charge on any atom is 0.251 e. The van der Waals surface area contributed by atoms with Gasteiger partial charge in [-0.15, -0.1) is 0 Å². The van der Waals surface area contributed by atoms with Gasteiger partial charge in [-0.25, -0.2) is 4.90 Å². The Kier molecular flexibility index (Phi) is 5.95. The zero-order chi connectivity index (χ0) is 15.9. The summed E-state index contributed by atoms with van der Waals surface area (Å²) in [6.07, 6.45) is 3.23. The second-order valence-corrected chi connectivity index (χ2v) is 5.47. The molecule has 1 heterocycles. The maximum absolute atomic E-state index is 12.4. The molecule has 1 atom stereocenters. The van der Waals surface area contributed by atoms with Gasteiger partial charge in [0.2, 0.25) is 5.91 Å². The summed E-state index contributed by atoms with van der Waals surface area (Å²) in [5.41, 5.74) is 0.610. The van der Waals surface area contributed by atoms with Gasteiger partial charge in [-0.05, 0) is 43.7 Å². The summed E-state index contributed by atoms with van der Waals surface area (Å²) >= 11 is 0. The minimum atomic E-state index is -0.393. The molecule has 1 aromatic carbocycles. The molecule has 1 aliphatic rings. The van der Waals surface area contributed by atoms with Crippen molar-refractivity contribution in [2.45, 2.75) is 45.6 Å². The van der Waals surface area contributed by atoms with Gasteiger partial charge < -0.3 is 10.1 Å². The highest BCUT2D eigenvalue weighted by molar-refractivity contribution is 6.22. The zero-order valence-corrected chi connectivity index (χ0v) is 13.3. The van der Waals surface area contributed by atoms with E-state index in [4.69, 9.17) is 4.74 Å². The molecule has 22 heavy (non-hydrogen) atoms. The van der Waals surface area contributed by atoms with E-state index in [0.29, 0.717) is 12.3 Å². The lowest BCUT2D eigenvalue weighted by Gasteiger charge is -2.16. The molecule has 120 valence electrons. The molecule has 1 fully saturated rings. The predicted molar refractivity (Wildman–Crippen MR) is 86.0 cm³/mol. The third kappa shape index (κ3) is 3.85. The lowest BCUT2D eigenvalue weighted by Crippen LogP contribution is -2.39. The Labute approximate surface area is 131 Å². The number of ether oxygens (including phenoxy) is 1. The summed E-state index contributed by atoms with van der Waals surface area (Å²) < 4.78 is 5.51. The molecule has 5 heteroatoms. The fourth-order valence-corrected chi connectivity index (χ4v) is 2.43. The molecule has 2 rings (SSSR count). The highest BCUT2D eigenvalue weighted by Gasteiger charge is 2.39. The molecule has 0 aliphatic carbocycles. The molecule has 1 saturated heterocycles. The minimum Gasteiger partial charge on any atom is -0.494 e. The van der Waals surface area contributed by atoms with Gasteiger partial charge in [-0.2, -0.15) is 0 Å². The van der Waals surface area contributed by atoms with Crippen LogP contribution in [0.15, 0.2) is 24.3 Å². The van der Waals surface area contributed by atoms with Crippen LogP contribution in [0.2, 0.25) is 0 Å². The number of imide groups is 1. The van der Waals surface area contributed by atoms with E-state index in [1.54, 1.807) is 24.3 Å². The van der Waals surface area contributed by atoms with Crippen molar-refractivity contribution in [1.29, 1.82) is 0 Å². The fraction of sp³-hybridized carbons (Fsp3) is 0.529. The monoisotopic (exact) mass is 304 g/mol. The van der Waals surface area contributed by atoms with Crippen LogP contribution in [0.3, 0.4) is 0 Å². The topological polar surface area (TPSA) is 58.6 Å². The van der Waals surface area contributed by atoms with Crippen LogP contribution in [-0.4, -0.2) is 31.0 Å². The number of carbonyl (C=O) groups is 2. The van der Waals surface area contributed by atoms with Gasteiger partial charge in [0.25, 0.3) is 5.91 Å². The molecular weight excluding hydrogens is 280 g/mol. The lowest BCUT2D eigenvalue weighted by molar-refractivity contribution is -0.121. The molecule has 0 radical (unpaired) electrons. The Bertz CT molecular complexity index is 513. The third-order valence-electron chi connectivity index (χ3n) is 3.64. The summed E-state index contributed by atoms with van der Waals surface area (Å²) in [7, 11) is 0. The van der Waals surface area contributed by atoms with E-state index in [-0.39, 0.29) is 18.2 Å². The van der Waals surface area contributed by atoms with Gasteiger partial charge in [0.1, 0.15) is 5.75 Å². The average Bonchev–Trinajstić information content (AvgIpc) is 2.80. The van der Waals surface area contributed by atoms with Gasteiger partial charge in [-0.3, -0.25) is 9.59 Å². The number of carbonyl (C=O) groups excluding carboxylic acids is 2. The Hall–Kier alpha value is -1.88. The molecule has 2 amide bonds. The number of anilines is 1. The Morgan fingerprint density at radius 3 is 2.55 bits per heavy atom. The number of nitrogens with zero attached hydrogens (tertiary/aromatic N) is 1. The molecule has 0 saturated carbocycles. The van der Waals surface area contributed by atoms with Crippen molar-refractivity contribution in [2.24, 2.45) is 0 Å². The Balaban J connectivity index is 2.01. The lowest BCUT2D eigenvalue weighted by atomic mass is 10.2. The first-order valence-electron chi connectivity index (χ1n) is 8.00. The summed E-state index contributed by atoms with van der Waals surface area (Å²) in [4.78, 5) is 25.8. The fourth-order valence-electron chi connectivity index (χ4n) is 2.43. The second kappa shape index (κ2) is 7.94. The van der Waals surface area contributed by atoms with Crippen LogP contribution in [-0.2, 0) is 9.59 Å². The number of amides is 2. The first-order valence-corrected chi connectivity index (χ1v) is 8.00. The maximum atomic E-state index is 12.4. The van der Waals surface area contributed by atoms with Gasteiger partial charge in [0.05, 0.1) is 24.8 Å². The highest BCUT2D eigenvalue weighted by atomic mass is 16.5. The van der Waals surface area contributed by atoms with Crippen molar-refractivity contribution < 1.29 is 14.3 Å². The largest absolute Gasteiger partial charge is 0.494 e. The number of nitrogens with one attached hydrogen (secondary N) is 1. The molecule has 1 N–H and O–H groups in total. The van der Waals surface area contributed by atoms with Crippen molar-refractivity contribution >= 4 is 17.5 Å². The van der Waals surface area contributed by atoms with Crippen LogP contribution >= 0.6 is 0 Å². The zero-order valence-electron chi connectivity index (χ0n) is 13.3. The number of benzene rings is 1. The molecule has 1 aliphatic heterocycles. The molecule has 0 spiro atoms. The SMILES string of the molecule is CCCCNC1CC(=O)N(c2ccc(OCCC)cc2)C1=O. The normalized spacial score (nSPS) is 18.1. The summed E-state index contributed by atoms with van der Waals surface area (Å²) in [5, 5.41) is 3.16. The molecule has 1 aromatic rings. The molecule has 1 unspecified atom stereocenters. The number of rotatable bonds is 8. The van der Waals surface area contributed by atoms with E-state index in [1.165, 1.54) is 4.90 Å². The van der Waals surface area contributed by atoms with Crippen LogP contribution in [0.25, 0.3) is 0 Å². The van der Waals surface area contributed by atoms with Crippen molar-refractivity contribution in [1.82, 2.24) is 5.32 Å². The number of hydrogen-bond donors (Lipinski definition) is 1. The van der Waals surface area contributed by atoms with Gasteiger partial charge in [-0.1, -0.05) is 20.3 Å². The highest BCUT2D eigenvalue weighted by Crippen LogP contribution is 2.25. The van der Waals surface area contributed by atoms with Crippen LogP contribution in [0.1, 0.15) is 39.5 Å². The van der Waals surface area contributed by atoms with Crippen LogP contribution < -0.4 is 15.0 Å². The summed E-state index contributed by atoms with van der Waals surface area (Å²) in [6.45, 7) is 5.56. The van der Waals surface area contributed by atoms with Gasteiger partial charge >= 0.3 is 0 Å². The predicted octanol–water partition coefficient (Wildman–Crippen LogP) is 2.50. The Morgan fingerprint density at radius 1 is 1.18 bits per heavy atom. The Morgan fingerprint density at radius 2 is 1.91 bits per heavy atom. The number of hydrogen-bond acceptors (Lipinski definition) is 4. The van der Waals surface area contributed by atoms with Crippen molar-refractivity contribution in [2.75, 3.05) is 18.1 Å². The van der Waals surface area contributed by atoms with Crippen LogP contribution in [0, 0.1) is 0 Å². The smallest absolute Gasteiger partial charge is 0.251 e. The van der Waals surface area contributed by atoms with E-state index in [2.05, 4.69) is 12.2 Å². The summed E-state index contributed by atoms with van der Waals surface area (Å²) in [6, 6.07) is 6.71. The van der Waals surface area contributed by atoms with E-state index in [9.17, 15) is 9.59 Å². The minimum absolute atomic E-state index is 0.152. The van der Waals surface area contributed by atoms with Gasteiger partial charge in [0.15, 0.2) is 0 Å². The van der Waals surface area contributed by atoms with Crippen molar-refractivity contribution in [3.63, 3.8) is 0 Å². The van der Waals surface area contributed by atoms with E-state index in [1.807, 2.05) is 6.92 Å². The van der Waals surface area contributed by atoms with Gasteiger partial charge in [0, 0.05) is 0 Å². The molecular formula is C17H24N2O3. The van der Waals surface area contributed by atoms with Crippen molar-refractivity contribution in [3.05, 3.63) is 24.3 Å². The summed E-state index contributed by atoms with van der Waals surface area (Å²) in [5.74, 6) is 0.437. The third-order valence-corrected chi connectivity index (χ3v) is 3.64. The second-order valence-electron chi connectivity index (χ2n) is 5.47. The van der Waals surface area contributed by atoms with Crippen LogP contribution in [0.4, 0.5) is 5.69 Å². The van der Waals surface area contributed by atoms with E-state index in [0.717, 1.165) is 31.6 Å². The van der Waals surface area contributed by atoms with E-state index >= 15 is 0 Å². The first-order chi connectivity index (χ1) is 10.7. The molecule has 0 bridgehead atoms. The quantitative estimate of drug-likeness (QED) is 0.592. The number of unbranched alkanes of at least 4 members (excludes halogenated alkanes) is 1. The van der Waals surface area contributed by atoms with Crippen molar-refractivity contribution in [3.8, 4) is 5.75 Å². The van der Waals surface area contributed by atoms with E-state index < -0.39 is 6.04 Å².